The molecule has 4 rings (SSSR count). The van der Waals surface area contributed by atoms with E-state index in [0.717, 1.165) is 12.0 Å². The minimum absolute atomic E-state index is 0.120. The van der Waals surface area contributed by atoms with Gasteiger partial charge in [0.25, 0.3) is 5.91 Å². The van der Waals surface area contributed by atoms with Crippen LogP contribution in [0.3, 0.4) is 0 Å². The van der Waals surface area contributed by atoms with Crippen LogP contribution < -0.4 is 14.9 Å². The van der Waals surface area contributed by atoms with Gasteiger partial charge in [-0.05, 0) is 50.1 Å². The molecule has 1 amide bonds. The number of carbonyl (C=O) groups excluding carboxylic acids is 1. The van der Waals surface area contributed by atoms with E-state index < -0.39 is 6.04 Å². The fraction of sp³-hybridized carbons (Fsp3) is 0.333. The van der Waals surface area contributed by atoms with Crippen molar-refractivity contribution in [2.24, 2.45) is 0 Å². The van der Waals surface area contributed by atoms with Crippen LogP contribution in [-0.2, 0) is 0 Å². The van der Waals surface area contributed by atoms with Gasteiger partial charge in [-0.3, -0.25) is 9.59 Å². The lowest BCUT2D eigenvalue weighted by atomic mass is 9.98. The molecular weight excluding hydrogens is 382 g/mol. The fourth-order valence-electron chi connectivity index (χ4n) is 3.93. The van der Waals surface area contributed by atoms with Crippen LogP contribution in [0.1, 0.15) is 54.9 Å². The summed E-state index contributed by atoms with van der Waals surface area (Å²) in [5, 5.41) is 0.472. The van der Waals surface area contributed by atoms with Crippen LogP contribution in [0.2, 0.25) is 0 Å². The SMILES string of the molecule is CCCOc1ccc([C@H]2c3c(oc4ccccc4c3=O)C(=O)N2CC)cc1OCC. The lowest BCUT2D eigenvalue weighted by molar-refractivity contribution is 0.0737. The molecule has 1 aliphatic heterocycles. The molecule has 0 saturated heterocycles. The van der Waals surface area contributed by atoms with Crippen LogP contribution >= 0.6 is 0 Å². The Hall–Kier alpha value is -3.28. The Morgan fingerprint density at radius 2 is 1.80 bits per heavy atom. The van der Waals surface area contributed by atoms with Crippen LogP contribution in [0, 0.1) is 0 Å². The highest BCUT2D eigenvalue weighted by molar-refractivity contribution is 5.99. The molecule has 156 valence electrons. The second-order valence-electron chi connectivity index (χ2n) is 7.15. The lowest BCUT2D eigenvalue weighted by Crippen LogP contribution is -2.29. The highest BCUT2D eigenvalue weighted by Crippen LogP contribution is 2.40. The topological polar surface area (TPSA) is 69.0 Å². The molecule has 0 unspecified atom stereocenters. The van der Waals surface area contributed by atoms with Gasteiger partial charge >= 0.3 is 0 Å². The molecule has 0 bridgehead atoms. The molecule has 3 aromatic rings. The lowest BCUT2D eigenvalue weighted by Gasteiger charge is -2.24. The summed E-state index contributed by atoms with van der Waals surface area (Å²) in [4.78, 5) is 28.1. The molecule has 0 saturated carbocycles. The Labute approximate surface area is 175 Å². The van der Waals surface area contributed by atoms with Crippen molar-refractivity contribution in [3.63, 3.8) is 0 Å². The van der Waals surface area contributed by atoms with Gasteiger partial charge < -0.3 is 18.8 Å². The summed E-state index contributed by atoms with van der Waals surface area (Å²) in [6, 6.07) is 12.1. The van der Waals surface area contributed by atoms with Gasteiger partial charge in [-0.15, -0.1) is 0 Å². The first-order valence-corrected chi connectivity index (χ1v) is 10.4. The van der Waals surface area contributed by atoms with Gasteiger partial charge in [-0.1, -0.05) is 25.1 Å². The van der Waals surface area contributed by atoms with Crippen molar-refractivity contribution in [2.75, 3.05) is 19.8 Å². The average molecular weight is 407 g/mol. The van der Waals surface area contributed by atoms with Gasteiger partial charge in [0.1, 0.15) is 5.58 Å². The number of ether oxygens (including phenoxy) is 2. The van der Waals surface area contributed by atoms with E-state index in [1.54, 1.807) is 29.2 Å². The standard InChI is InChI=1S/C24H25NO5/c1-4-13-29-18-12-11-15(14-19(18)28-6-3)21-20-22(26)16-9-7-8-10-17(16)30-23(20)24(27)25(21)5-2/h7-12,14,21H,4-6,13H2,1-3H3/t21-/m0/s1. The molecule has 6 nitrogen and oxygen atoms in total. The first kappa shape index (κ1) is 20.0. The number of hydrogen-bond acceptors (Lipinski definition) is 5. The Morgan fingerprint density at radius 3 is 2.53 bits per heavy atom. The third-order valence-electron chi connectivity index (χ3n) is 5.26. The Morgan fingerprint density at radius 1 is 1.00 bits per heavy atom. The van der Waals surface area contributed by atoms with E-state index in [1.165, 1.54) is 0 Å². The van der Waals surface area contributed by atoms with Crippen molar-refractivity contribution in [1.29, 1.82) is 0 Å². The first-order chi connectivity index (χ1) is 14.6. The van der Waals surface area contributed by atoms with Gasteiger partial charge in [-0.2, -0.15) is 0 Å². The largest absolute Gasteiger partial charge is 0.490 e. The molecule has 0 fully saturated rings. The molecular formula is C24H25NO5. The second-order valence-corrected chi connectivity index (χ2v) is 7.15. The summed E-state index contributed by atoms with van der Waals surface area (Å²) in [5.41, 5.74) is 1.42. The second kappa shape index (κ2) is 8.22. The van der Waals surface area contributed by atoms with Crippen molar-refractivity contribution < 1.29 is 18.7 Å². The molecule has 1 atom stereocenters. The minimum atomic E-state index is -0.530. The Kier molecular flexibility index (Phi) is 5.48. The summed E-state index contributed by atoms with van der Waals surface area (Å²) < 4.78 is 17.5. The molecule has 6 heteroatoms. The molecule has 0 N–H and O–H groups in total. The zero-order chi connectivity index (χ0) is 21.3. The van der Waals surface area contributed by atoms with Crippen LogP contribution in [0.4, 0.5) is 0 Å². The zero-order valence-electron chi connectivity index (χ0n) is 17.4. The number of hydrogen-bond donors (Lipinski definition) is 0. The number of para-hydroxylation sites is 1. The molecule has 1 aliphatic rings. The van der Waals surface area contributed by atoms with Gasteiger partial charge in [0.15, 0.2) is 16.9 Å². The van der Waals surface area contributed by atoms with Crippen LogP contribution in [-0.4, -0.2) is 30.6 Å². The van der Waals surface area contributed by atoms with Crippen LogP contribution in [0.15, 0.2) is 51.7 Å². The van der Waals surface area contributed by atoms with E-state index in [9.17, 15) is 9.59 Å². The normalized spacial score (nSPS) is 15.5. The number of nitrogens with zero attached hydrogens (tertiary/aromatic N) is 1. The van der Waals surface area contributed by atoms with Gasteiger partial charge in [0.05, 0.1) is 30.2 Å². The van der Waals surface area contributed by atoms with Crippen molar-refractivity contribution in [3.05, 3.63) is 69.6 Å². The third-order valence-corrected chi connectivity index (χ3v) is 5.26. The highest BCUT2D eigenvalue weighted by Gasteiger charge is 2.42. The molecule has 1 aromatic heterocycles. The fourth-order valence-corrected chi connectivity index (χ4v) is 3.93. The molecule has 2 aromatic carbocycles. The third kappa shape index (κ3) is 3.22. The summed E-state index contributed by atoms with van der Waals surface area (Å²) in [6.07, 6.45) is 0.884. The maximum Gasteiger partial charge on any atom is 0.290 e. The predicted molar refractivity (Wildman–Crippen MR) is 114 cm³/mol. The molecule has 0 radical (unpaired) electrons. The van der Waals surface area contributed by atoms with E-state index in [2.05, 4.69) is 0 Å². The first-order valence-electron chi connectivity index (χ1n) is 10.4. The smallest absolute Gasteiger partial charge is 0.290 e. The number of benzene rings is 2. The van der Waals surface area contributed by atoms with E-state index in [1.807, 2.05) is 39.0 Å². The van der Waals surface area contributed by atoms with Crippen LogP contribution in [0.5, 0.6) is 11.5 Å². The molecule has 2 heterocycles. The molecule has 30 heavy (non-hydrogen) atoms. The Balaban J connectivity index is 1.89. The number of rotatable bonds is 7. The summed E-state index contributed by atoms with van der Waals surface area (Å²) in [6.45, 7) is 7.35. The quantitative estimate of drug-likeness (QED) is 0.575. The monoisotopic (exact) mass is 407 g/mol. The number of carbonyl (C=O) groups is 1. The zero-order valence-corrected chi connectivity index (χ0v) is 17.4. The van der Waals surface area contributed by atoms with E-state index >= 15 is 0 Å². The van der Waals surface area contributed by atoms with E-state index in [-0.39, 0.29) is 17.1 Å². The maximum absolute atomic E-state index is 13.3. The van der Waals surface area contributed by atoms with Crippen molar-refractivity contribution in [1.82, 2.24) is 4.90 Å². The molecule has 0 spiro atoms. The average Bonchev–Trinajstić information content (AvgIpc) is 3.05. The number of fused-ring (bicyclic) bond motifs is 2. The maximum atomic E-state index is 13.3. The van der Waals surface area contributed by atoms with E-state index in [0.29, 0.717) is 47.8 Å². The van der Waals surface area contributed by atoms with Gasteiger partial charge in [0.2, 0.25) is 5.76 Å². The summed E-state index contributed by atoms with van der Waals surface area (Å²) >= 11 is 0. The van der Waals surface area contributed by atoms with Crippen molar-refractivity contribution in [3.8, 4) is 11.5 Å². The summed E-state index contributed by atoms with van der Waals surface area (Å²) in [7, 11) is 0. The predicted octanol–water partition coefficient (Wildman–Crippen LogP) is 4.55. The molecule has 0 aliphatic carbocycles. The van der Waals surface area contributed by atoms with E-state index in [4.69, 9.17) is 13.9 Å². The highest BCUT2D eigenvalue weighted by atomic mass is 16.5. The van der Waals surface area contributed by atoms with Crippen molar-refractivity contribution >= 4 is 16.9 Å². The minimum Gasteiger partial charge on any atom is -0.490 e. The van der Waals surface area contributed by atoms with Crippen LogP contribution in [0.25, 0.3) is 11.0 Å². The summed E-state index contributed by atoms with van der Waals surface area (Å²) in [5.74, 6) is 1.10. The van der Waals surface area contributed by atoms with Gasteiger partial charge in [-0.25, -0.2) is 0 Å². The van der Waals surface area contributed by atoms with Gasteiger partial charge in [0, 0.05) is 6.54 Å². The van der Waals surface area contributed by atoms with Crippen molar-refractivity contribution in [2.45, 2.75) is 33.2 Å². The number of amides is 1. The Bertz CT molecular complexity index is 1150.